The number of ether oxygens (including phenoxy) is 1. The third kappa shape index (κ3) is 4.42. The van der Waals surface area contributed by atoms with Gasteiger partial charge in [-0.25, -0.2) is 32.8 Å². The van der Waals surface area contributed by atoms with Gasteiger partial charge in [0.25, 0.3) is 6.43 Å². The fourth-order valence-corrected chi connectivity index (χ4v) is 5.53. The summed E-state index contributed by atoms with van der Waals surface area (Å²) in [6.45, 7) is 1.35. The van der Waals surface area contributed by atoms with Gasteiger partial charge in [0.2, 0.25) is 11.9 Å². The van der Waals surface area contributed by atoms with Crippen molar-refractivity contribution in [2.24, 2.45) is 12.5 Å². The van der Waals surface area contributed by atoms with Crippen LogP contribution in [0.25, 0.3) is 22.6 Å². The summed E-state index contributed by atoms with van der Waals surface area (Å²) in [5.74, 6) is 1.23. The summed E-state index contributed by atoms with van der Waals surface area (Å²) in [5.41, 5.74) is 6.06. The minimum atomic E-state index is -2.48. The number of nitrogens with one attached hydrogen (secondary N) is 1. The molecule has 0 amide bonds. The van der Waals surface area contributed by atoms with Gasteiger partial charge < -0.3 is 20.7 Å². The van der Waals surface area contributed by atoms with E-state index in [0.717, 1.165) is 5.82 Å². The number of nitrogens with two attached hydrogens (primary N) is 1. The Hall–Kier alpha value is -4.26. The van der Waals surface area contributed by atoms with Crippen LogP contribution in [0.1, 0.15) is 12.8 Å². The number of rotatable bonds is 7. The highest BCUT2D eigenvalue weighted by atomic mass is 19.3. The van der Waals surface area contributed by atoms with Gasteiger partial charge in [0, 0.05) is 61.9 Å². The van der Waals surface area contributed by atoms with Crippen LogP contribution in [0, 0.1) is 11.2 Å². The molecule has 3 N–H and O–H groups in total. The topological polar surface area (TPSA) is 120 Å². The summed E-state index contributed by atoms with van der Waals surface area (Å²) >= 11 is 0. The second-order valence-electron chi connectivity index (χ2n) is 10.2. The van der Waals surface area contributed by atoms with Gasteiger partial charge in [-0.1, -0.05) is 0 Å². The van der Waals surface area contributed by atoms with Crippen molar-refractivity contribution in [1.82, 2.24) is 29.7 Å². The predicted molar refractivity (Wildman–Crippen MR) is 139 cm³/mol. The molecule has 4 heterocycles. The number of alkyl halides is 2. The van der Waals surface area contributed by atoms with Crippen molar-refractivity contribution in [1.29, 1.82) is 0 Å². The molecule has 39 heavy (non-hydrogen) atoms. The number of nitrogen functional groups attached to an aromatic ring is 1. The Balaban J connectivity index is 1.11. The van der Waals surface area contributed by atoms with E-state index < -0.39 is 17.8 Å². The summed E-state index contributed by atoms with van der Waals surface area (Å²) in [6.07, 6.45) is 1.39. The van der Waals surface area contributed by atoms with E-state index in [2.05, 4.69) is 35.3 Å². The first-order valence-electron chi connectivity index (χ1n) is 12.3. The minimum Gasteiger partial charge on any atom is -0.372 e. The van der Waals surface area contributed by atoms with Crippen molar-refractivity contribution in [3.8, 4) is 22.6 Å². The third-order valence-electron chi connectivity index (χ3n) is 7.47. The molecule has 1 saturated heterocycles. The molecule has 1 spiro atoms. The monoisotopic (exact) mass is 537 g/mol. The number of nitrogens with zero attached hydrogens (tertiary/aromatic N) is 7. The highest BCUT2D eigenvalue weighted by molar-refractivity contribution is 5.66. The zero-order valence-electron chi connectivity index (χ0n) is 21.3. The number of halogens is 3. The number of pyridine rings is 1. The van der Waals surface area contributed by atoms with Crippen molar-refractivity contribution in [2.45, 2.75) is 24.9 Å². The van der Waals surface area contributed by atoms with Crippen molar-refractivity contribution < 1.29 is 17.9 Å². The molecule has 202 valence electrons. The van der Waals surface area contributed by atoms with Gasteiger partial charge in [-0.2, -0.15) is 4.98 Å². The molecule has 1 aliphatic heterocycles. The van der Waals surface area contributed by atoms with Crippen LogP contribution in [0.2, 0.25) is 0 Å². The number of anilines is 4. The van der Waals surface area contributed by atoms with Crippen LogP contribution < -0.4 is 16.0 Å². The van der Waals surface area contributed by atoms with Crippen LogP contribution in [0.5, 0.6) is 0 Å². The molecule has 13 heteroatoms. The Labute approximate surface area is 222 Å². The zero-order valence-corrected chi connectivity index (χ0v) is 21.3. The van der Waals surface area contributed by atoms with Crippen molar-refractivity contribution in [3.05, 3.63) is 54.6 Å². The molecular weight excluding hydrogens is 511 g/mol. The number of aromatic nitrogens is 6. The standard InChI is InChI=1S/C26H26F3N9O/c1-37-24(33-16-4-5-17(18(27)9-16)19-7-8-31-23(30)34-19)35-21(36-37)15-3-6-20(32-10-15)38-13-25(14-38)11-26(12-25,39-2)22(28)29/h3-10,22H,11-14H2,1-2H3,(H2,30,31,34)(H,33,35,36). The molecule has 1 saturated carbocycles. The van der Waals surface area contributed by atoms with E-state index >= 15 is 0 Å². The van der Waals surface area contributed by atoms with E-state index in [4.69, 9.17) is 10.5 Å². The van der Waals surface area contributed by atoms with E-state index in [1.54, 1.807) is 36.1 Å². The van der Waals surface area contributed by atoms with Crippen LogP contribution in [-0.4, -0.2) is 61.9 Å². The van der Waals surface area contributed by atoms with Gasteiger partial charge in [-0.05, 0) is 49.2 Å². The summed E-state index contributed by atoms with van der Waals surface area (Å²) < 4.78 is 48.2. The number of hydrogen-bond acceptors (Lipinski definition) is 9. The third-order valence-corrected chi connectivity index (χ3v) is 7.47. The summed E-state index contributed by atoms with van der Waals surface area (Å²) in [5, 5.41) is 7.53. The molecule has 0 bridgehead atoms. The van der Waals surface area contributed by atoms with Crippen molar-refractivity contribution >= 4 is 23.4 Å². The maximum absolute atomic E-state index is 14.8. The normalized spacial score (nSPS) is 17.2. The maximum atomic E-state index is 14.8. The van der Waals surface area contributed by atoms with E-state index in [0.29, 0.717) is 60.2 Å². The van der Waals surface area contributed by atoms with Crippen LogP contribution in [0.4, 0.5) is 36.6 Å². The molecular formula is C26H26F3N9O. The average Bonchev–Trinajstić information content (AvgIpc) is 3.23. The molecule has 0 radical (unpaired) electrons. The molecule has 2 fully saturated rings. The number of methoxy groups -OCH3 is 1. The largest absolute Gasteiger partial charge is 0.372 e. The lowest BCUT2D eigenvalue weighted by Gasteiger charge is -2.63. The molecule has 1 aromatic carbocycles. The molecule has 1 aliphatic carbocycles. The van der Waals surface area contributed by atoms with Crippen LogP contribution in [0.3, 0.4) is 0 Å². The van der Waals surface area contributed by atoms with Gasteiger partial charge in [0.05, 0.1) is 5.69 Å². The average molecular weight is 538 g/mol. The first-order chi connectivity index (χ1) is 18.7. The van der Waals surface area contributed by atoms with E-state index in [1.165, 1.54) is 19.4 Å². The molecule has 3 aromatic heterocycles. The summed E-state index contributed by atoms with van der Waals surface area (Å²) in [7, 11) is 3.08. The lowest BCUT2D eigenvalue weighted by Crippen LogP contribution is -2.70. The molecule has 4 aromatic rings. The van der Waals surface area contributed by atoms with Gasteiger partial charge in [-0.15, -0.1) is 5.10 Å². The quantitative estimate of drug-likeness (QED) is 0.360. The van der Waals surface area contributed by atoms with Gasteiger partial charge in [-0.3, -0.25) is 0 Å². The second kappa shape index (κ2) is 9.19. The molecule has 10 nitrogen and oxygen atoms in total. The Bertz CT molecular complexity index is 1510. The van der Waals surface area contributed by atoms with Crippen molar-refractivity contribution in [3.63, 3.8) is 0 Å². The number of benzene rings is 1. The summed E-state index contributed by atoms with van der Waals surface area (Å²) in [4.78, 5) is 19.0. The van der Waals surface area contributed by atoms with E-state index in [-0.39, 0.29) is 11.4 Å². The second-order valence-corrected chi connectivity index (χ2v) is 10.2. The Morgan fingerprint density at radius 2 is 1.87 bits per heavy atom. The predicted octanol–water partition coefficient (Wildman–Crippen LogP) is 4.05. The first kappa shape index (κ1) is 25.0. The Morgan fingerprint density at radius 1 is 1.08 bits per heavy atom. The fourth-order valence-electron chi connectivity index (χ4n) is 5.53. The van der Waals surface area contributed by atoms with E-state index in [1.807, 2.05) is 12.1 Å². The first-order valence-corrected chi connectivity index (χ1v) is 12.3. The highest BCUT2D eigenvalue weighted by Gasteiger charge is 2.64. The van der Waals surface area contributed by atoms with Crippen LogP contribution in [0.15, 0.2) is 48.8 Å². The van der Waals surface area contributed by atoms with Gasteiger partial charge >= 0.3 is 0 Å². The maximum Gasteiger partial charge on any atom is 0.267 e. The lowest BCUT2D eigenvalue weighted by atomic mass is 9.55. The Kier molecular flexibility index (Phi) is 5.90. The van der Waals surface area contributed by atoms with Gasteiger partial charge in [0.1, 0.15) is 17.2 Å². The van der Waals surface area contributed by atoms with E-state index in [9.17, 15) is 13.2 Å². The van der Waals surface area contributed by atoms with Crippen molar-refractivity contribution in [2.75, 3.05) is 36.1 Å². The molecule has 0 unspecified atom stereocenters. The zero-order chi connectivity index (χ0) is 27.4. The fraction of sp³-hybridized carbons (Fsp3) is 0.346. The van der Waals surface area contributed by atoms with Crippen LogP contribution in [-0.2, 0) is 11.8 Å². The molecule has 6 rings (SSSR count). The Morgan fingerprint density at radius 3 is 2.51 bits per heavy atom. The summed E-state index contributed by atoms with van der Waals surface area (Å²) in [6, 6.07) is 9.98. The smallest absolute Gasteiger partial charge is 0.267 e. The highest BCUT2D eigenvalue weighted by Crippen LogP contribution is 2.58. The van der Waals surface area contributed by atoms with Gasteiger partial charge in [0.15, 0.2) is 5.82 Å². The number of hydrogen-bond donors (Lipinski definition) is 2. The molecule has 0 atom stereocenters. The molecule has 2 aliphatic rings. The number of aryl methyl sites for hydroxylation is 1. The SMILES string of the molecule is COC1(C(F)F)CC2(CN(c3ccc(-c4nc(Nc5ccc(-c6ccnc(N)n6)c(F)c5)n(C)n4)cn3)C2)C1. The van der Waals surface area contributed by atoms with Crippen LogP contribution >= 0.6 is 0 Å². The minimum absolute atomic E-state index is 0.0680. The lowest BCUT2D eigenvalue weighted by molar-refractivity contribution is -0.225.